The largest absolute Gasteiger partial charge is 0.496 e. The van der Waals surface area contributed by atoms with E-state index in [1.807, 2.05) is 18.2 Å². The van der Waals surface area contributed by atoms with Crippen LogP contribution in [0, 0.1) is 0 Å². The van der Waals surface area contributed by atoms with Gasteiger partial charge in [0.25, 0.3) is 5.91 Å². The van der Waals surface area contributed by atoms with Gasteiger partial charge in [0.05, 0.1) is 12.7 Å². The van der Waals surface area contributed by atoms with Crippen molar-refractivity contribution in [2.45, 2.75) is 25.4 Å². The second-order valence-electron chi connectivity index (χ2n) is 6.31. The topological polar surface area (TPSA) is 58.6 Å². The first-order chi connectivity index (χ1) is 13.0. The van der Waals surface area contributed by atoms with E-state index in [1.54, 1.807) is 29.2 Å². The molecule has 2 amide bonds. The zero-order valence-electron chi connectivity index (χ0n) is 14.9. The SMILES string of the molecule is COc1ccc(Cl)cc1C(=O)N1CCCC1C(=O)NCc1ccccc1Cl. The zero-order valence-corrected chi connectivity index (χ0v) is 16.4. The molecule has 0 bridgehead atoms. The number of methoxy groups -OCH3 is 1. The smallest absolute Gasteiger partial charge is 0.258 e. The van der Waals surface area contributed by atoms with E-state index < -0.39 is 6.04 Å². The third-order valence-electron chi connectivity index (χ3n) is 4.62. The fourth-order valence-corrected chi connectivity index (χ4v) is 3.60. The van der Waals surface area contributed by atoms with Gasteiger partial charge in [-0.05, 0) is 42.7 Å². The van der Waals surface area contributed by atoms with Crippen molar-refractivity contribution in [3.8, 4) is 5.75 Å². The van der Waals surface area contributed by atoms with Crippen molar-refractivity contribution in [1.82, 2.24) is 10.2 Å². The number of nitrogens with zero attached hydrogens (tertiary/aromatic N) is 1. The number of carbonyl (C=O) groups is 2. The lowest BCUT2D eigenvalue weighted by molar-refractivity contribution is -0.125. The van der Waals surface area contributed by atoms with Gasteiger partial charge in [-0.2, -0.15) is 0 Å². The molecule has 1 saturated heterocycles. The third-order valence-corrected chi connectivity index (χ3v) is 5.22. The van der Waals surface area contributed by atoms with E-state index in [4.69, 9.17) is 27.9 Å². The maximum Gasteiger partial charge on any atom is 0.258 e. The molecule has 5 nitrogen and oxygen atoms in total. The maximum atomic E-state index is 13.0. The molecule has 2 aromatic carbocycles. The highest BCUT2D eigenvalue weighted by Gasteiger charge is 2.35. The number of likely N-dealkylation sites (tertiary alicyclic amines) is 1. The van der Waals surface area contributed by atoms with Crippen LogP contribution in [0.3, 0.4) is 0 Å². The Morgan fingerprint density at radius 1 is 1.22 bits per heavy atom. The number of halogens is 2. The van der Waals surface area contributed by atoms with Gasteiger partial charge in [-0.1, -0.05) is 41.4 Å². The van der Waals surface area contributed by atoms with E-state index in [9.17, 15) is 9.59 Å². The minimum atomic E-state index is -0.524. The molecule has 7 heteroatoms. The summed E-state index contributed by atoms with van der Waals surface area (Å²) in [4.78, 5) is 27.3. The summed E-state index contributed by atoms with van der Waals surface area (Å²) in [5.74, 6) is -0.0157. The van der Waals surface area contributed by atoms with Crippen LogP contribution in [0.1, 0.15) is 28.8 Å². The molecule has 1 atom stereocenters. The Kier molecular flexibility index (Phi) is 6.24. The number of nitrogens with one attached hydrogen (secondary N) is 1. The molecule has 27 heavy (non-hydrogen) atoms. The van der Waals surface area contributed by atoms with Crippen LogP contribution in [0.5, 0.6) is 5.75 Å². The van der Waals surface area contributed by atoms with E-state index in [-0.39, 0.29) is 11.8 Å². The van der Waals surface area contributed by atoms with Gasteiger partial charge in [0.2, 0.25) is 5.91 Å². The summed E-state index contributed by atoms with van der Waals surface area (Å²) in [5.41, 5.74) is 1.19. The highest BCUT2D eigenvalue weighted by Crippen LogP contribution is 2.28. The van der Waals surface area contributed by atoms with Crippen LogP contribution in [0.4, 0.5) is 0 Å². The summed E-state index contributed by atoms with van der Waals surface area (Å²) in [6, 6.07) is 11.7. The van der Waals surface area contributed by atoms with Crippen molar-refractivity contribution in [2.24, 2.45) is 0 Å². The van der Waals surface area contributed by atoms with E-state index in [1.165, 1.54) is 7.11 Å². The minimum Gasteiger partial charge on any atom is -0.496 e. The number of carbonyl (C=O) groups excluding carboxylic acids is 2. The zero-order chi connectivity index (χ0) is 19.4. The van der Waals surface area contributed by atoms with Crippen LogP contribution in [0.25, 0.3) is 0 Å². The minimum absolute atomic E-state index is 0.193. The molecule has 0 aliphatic carbocycles. The number of hydrogen-bond donors (Lipinski definition) is 1. The molecule has 2 aromatic rings. The summed E-state index contributed by atoms with van der Waals surface area (Å²) in [7, 11) is 1.50. The molecular formula is C20H20Cl2N2O3. The van der Waals surface area contributed by atoms with E-state index in [0.717, 1.165) is 12.0 Å². The van der Waals surface area contributed by atoms with Crippen LogP contribution in [-0.4, -0.2) is 36.4 Å². The Labute approximate surface area is 168 Å². The van der Waals surface area contributed by atoms with Crippen LogP contribution in [0.2, 0.25) is 10.0 Å². The van der Waals surface area contributed by atoms with E-state index in [0.29, 0.717) is 40.9 Å². The molecule has 0 saturated carbocycles. The number of rotatable bonds is 5. The fraction of sp³-hybridized carbons (Fsp3) is 0.300. The maximum absolute atomic E-state index is 13.0. The number of benzene rings is 2. The monoisotopic (exact) mass is 406 g/mol. The third kappa shape index (κ3) is 4.37. The Morgan fingerprint density at radius 2 is 2.00 bits per heavy atom. The van der Waals surface area contributed by atoms with Gasteiger partial charge in [0, 0.05) is 23.1 Å². The average Bonchev–Trinajstić information content (AvgIpc) is 3.16. The van der Waals surface area contributed by atoms with Gasteiger partial charge in [0.15, 0.2) is 0 Å². The predicted molar refractivity (Wildman–Crippen MR) is 105 cm³/mol. The summed E-state index contributed by atoms with van der Waals surface area (Å²) in [5, 5.41) is 3.92. The van der Waals surface area contributed by atoms with Gasteiger partial charge < -0.3 is 15.0 Å². The lowest BCUT2D eigenvalue weighted by Gasteiger charge is -2.25. The Morgan fingerprint density at radius 3 is 2.74 bits per heavy atom. The quantitative estimate of drug-likeness (QED) is 0.818. The molecular weight excluding hydrogens is 387 g/mol. The number of amides is 2. The van der Waals surface area contributed by atoms with Gasteiger partial charge >= 0.3 is 0 Å². The Hall–Kier alpha value is -2.24. The molecule has 1 heterocycles. The predicted octanol–water partition coefficient (Wildman–Crippen LogP) is 3.92. The van der Waals surface area contributed by atoms with Crippen molar-refractivity contribution in [1.29, 1.82) is 0 Å². The average molecular weight is 407 g/mol. The summed E-state index contributed by atoms with van der Waals surface area (Å²) >= 11 is 12.2. The Balaban J connectivity index is 1.73. The summed E-state index contributed by atoms with van der Waals surface area (Å²) in [6.45, 7) is 0.830. The Bertz CT molecular complexity index is 857. The van der Waals surface area contributed by atoms with Crippen molar-refractivity contribution in [3.63, 3.8) is 0 Å². The van der Waals surface area contributed by atoms with Gasteiger partial charge in [-0.25, -0.2) is 0 Å². The molecule has 142 valence electrons. The standard InChI is InChI=1S/C20H20Cl2N2O3/c1-27-18-9-8-14(21)11-15(18)20(26)24-10-4-7-17(24)19(25)23-12-13-5-2-3-6-16(13)22/h2-3,5-6,8-9,11,17H,4,7,10,12H2,1H3,(H,23,25). The molecule has 1 aliphatic heterocycles. The van der Waals surface area contributed by atoms with Crippen LogP contribution in [0.15, 0.2) is 42.5 Å². The van der Waals surface area contributed by atoms with Crippen LogP contribution in [-0.2, 0) is 11.3 Å². The molecule has 0 spiro atoms. The lowest BCUT2D eigenvalue weighted by Crippen LogP contribution is -2.45. The fourth-order valence-electron chi connectivity index (χ4n) is 3.23. The molecule has 0 radical (unpaired) electrons. The number of hydrogen-bond acceptors (Lipinski definition) is 3. The highest BCUT2D eigenvalue weighted by molar-refractivity contribution is 6.31. The summed E-state index contributed by atoms with van der Waals surface area (Å²) in [6.07, 6.45) is 1.38. The van der Waals surface area contributed by atoms with Crippen LogP contribution < -0.4 is 10.1 Å². The van der Waals surface area contributed by atoms with Crippen molar-refractivity contribution >= 4 is 35.0 Å². The van der Waals surface area contributed by atoms with Crippen molar-refractivity contribution in [2.75, 3.05) is 13.7 Å². The van der Waals surface area contributed by atoms with E-state index in [2.05, 4.69) is 5.32 Å². The number of ether oxygens (including phenoxy) is 1. The second kappa shape index (κ2) is 8.63. The summed E-state index contributed by atoms with van der Waals surface area (Å²) < 4.78 is 5.27. The van der Waals surface area contributed by atoms with E-state index >= 15 is 0 Å². The van der Waals surface area contributed by atoms with Gasteiger partial charge in [-0.3, -0.25) is 9.59 Å². The van der Waals surface area contributed by atoms with Crippen LogP contribution >= 0.6 is 23.2 Å². The molecule has 1 N–H and O–H groups in total. The molecule has 1 aliphatic rings. The molecule has 0 aromatic heterocycles. The first-order valence-corrected chi connectivity index (χ1v) is 9.42. The molecule has 3 rings (SSSR count). The van der Waals surface area contributed by atoms with Crippen molar-refractivity contribution < 1.29 is 14.3 Å². The molecule has 1 unspecified atom stereocenters. The first-order valence-electron chi connectivity index (χ1n) is 8.67. The second-order valence-corrected chi connectivity index (χ2v) is 7.15. The highest BCUT2D eigenvalue weighted by atomic mass is 35.5. The van der Waals surface area contributed by atoms with Crippen molar-refractivity contribution in [3.05, 3.63) is 63.6 Å². The molecule has 1 fully saturated rings. The normalized spacial score (nSPS) is 16.3. The first kappa shape index (κ1) is 19.5. The van der Waals surface area contributed by atoms with Gasteiger partial charge in [-0.15, -0.1) is 0 Å². The lowest BCUT2D eigenvalue weighted by atomic mass is 10.1. The van der Waals surface area contributed by atoms with Gasteiger partial charge in [0.1, 0.15) is 11.8 Å².